The number of rotatable bonds is 8. The molecule has 5 rings (SSSR count). The van der Waals surface area contributed by atoms with Gasteiger partial charge in [-0.05, 0) is 49.6 Å². The molecule has 1 amide bonds. The fourth-order valence-corrected chi connectivity index (χ4v) is 6.21. The van der Waals surface area contributed by atoms with Crippen LogP contribution in [0.4, 0.5) is 10.3 Å². The number of hydrogen-bond donors (Lipinski definition) is 2. The summed E-state index contributed by atoms with van der Waals surface area (Å²) in [6, 6.07) is 13.2. The summed E-state index contributed by atoms with van der Waals surface area (Å²) < 4.78 is 46.8. The summed E-state index contributed by atoms with van der Waals surface area (Å²) in [5, 5.41) is 2.80. The zero-order chi connectivity index (χ0) is 28.4. The third kappa shape index (κ3) is 5.36. The number of carbonyl (C=O) groups is 1. The summed E-state index contributed by atoms with van der Waals surface area (Å²) in [7, 11) is -1.79. The molecule has 1 saturated heterocycles. The van der Waals surface area contributed by atoms with E-state index >= 15 is 0 Å². The molecule has 1 aliphatic rings. The lowest BCUT2D eigenvalue weighted by atomic mass is 9.94. The summed E-state index contributed by atoms with van der Waals surface area (Å²) >= 11 is 0. The molecule has 0 unspecified atom stereocenters. The second kappa shape index (κ2) is 11.2. The lowest BCUT2D eigenvalue weighted by Gasteiger charge is -2.30. The monoisotopic (exact) mass is 566 g/mol. The maximum atomic E-state index is 13.7. The normalized spacial score (nSPS) is 14.9. The van der Waals surface area contributed by atoms with Crippen molar-refractivity contribution in [1.29, 1.82) is 0 Å². The topological polar surface area (TPSA) is 132 Å². The first-order chi connectivity index (χ1) is 19.2. The summed E-state index contributed by atoms with van der Waals surface area (Å²) in [6.07, 6.45) is 2.99. The number of imidazole rings is 1. The van der Waals surface area contributed by atoms with Gasteiger partial charge in [-0.3, -0.25) is 9.20 Å². The molecule has 0 saturated carbocycles. The Morgan fingerprint density at radius 2 is 1.88 bits per heavy atom. The van der Waals surface area contributed by atoms with Crippen LogP contribution in [0.1, 0.15) is 47.3 Å². The van der Waals surface area contributed by atoms with Crippen LogP contribution in [0, 0.1) is 5.82 Å². The summed E-state index contributed by atoms with van der Waals surface area (Å²) in [4.78, 5) is 21.9. The fraction of sp³-hybridized carbons (Fsp3) is 0.321. The number of benzene rings is 2. The fourth-order valence-electron chi connectivity index (χ4n) is 5.07. The highest BCUT2D eigenvalue weighted by Crippen LogP contribution is 2.35. The summed E-state index contributed by atoms with van der Waals surface area (Å²) in [5.41, 5.74) is 9.77. The van der Waals surface area contributed by atoms with Gasteiger partial charge in [0.1, 0.15) is 17.4 Å². The number of hydrogen-bond acceptors (Lipinski definition) is 7. The third-order valence-electron chi connectivity index (χ3n) is 7.28. The van der Waals surface area contributed by atoms with Crippen LogP contribution in [0.25, 0.3) is 16.9 Å². The van der Waals surface area contributed by atoms with E-state index in [1.807, 2.05) is 34.7 Å². The molecular formula is C28H31FN6O4S. The van der Waals surface area contributed by atoms with E-state index in [0.717, 1.165) is 28.4 Å². The molecule has 0 spiro atoms. The largest absolute Gasteiger partial charge is 0.496 e. The number of anilines is 1. The van der Waals surface area contributed by atoms with Crippen LogP contribution >= 0.6 is 0 Å². The molecule has 2 aromatic carbocycles. The predicted octanol–water partition coefficient (Wildman–Crippen LogP) is 3.59. The maximum Gasteiger partial charge on any atom is 0.255 e. The van der Waals surface area contributed by atoms with Crippen molar-refractivity contribution in [2.45, 2.75) is 32.2 Å². The van der Waals surface area contributed by atoms with Gasteiger partial charge in [0.25, 0.3) is 5.91 Å². The van der Waals surface area contributed by atoms with Crippen molar-refractivity contribution in [2.75, 3.05) is 31.7 Å². The zero-order valence-electron chi connectivity index (χ0n) is 22.3. The van der Waals surface area contributed by atoms with Gasteiger partial charge in [-0.1, -0.05) is 24.3 Å². The first kappa shape index (κ1) is 27.5. The van der Waals surface area contributed by atoms with E-state index in [1.165, 1.54) is 19.2 Å². The van der Waals surface area contributed by atoms with Gasteiger partial charge in [-0.25, -0.2) is 27.1 Å². The molecule has 40 heavy (non-hydrogen) atoms. The summed E-state index contributed by atoms with van der Waals surface area (Å²) in [5.74, 6) is 0.448. The molecule has 4 aromatic rings. The highest BCUT2D eigenvalue weighted by molar-refractivity contribution is 7.89. The summed E-state index contributed by atoms with van der Waals surface area (Å²) in [6.45, 7) is 2.80. The number of nitrogen functional groups attached to an aromatic ring is 1. The molecule has 210 valence electrons. The van der Waals surface area contributed by atoms with Crippen molar-refractivity contribution in [3.05, 3.63) is 77.4 Å². The second-order valence-electron chi connectivity index (χ2n) is 9.64. The highest BCUT2D eigenvalue weighted by Gasteiger charge is 2.30. The Morgan fingerprint density at radius 1 is 1.15 bits per heavy atom. The molecule has 3 heterocycles. The number of halogens is 1. The van der Waals surface area contributed by atoms with Gasteiger partial charge in [-0.2, -0.15) is 0 Å². The van der Waals surface area contributed by atoms with E-state index in [4.69, 9.17) is 15.5 Å². The van der Waals surface area contributed by atoms with Crippen LogP contribution in [0.15, 0.2) is 54.7 Å². The van der Waals surface area contributed by atoms with Crippen molar-refractivity contribution < 1.29 is 22.3 Å². The van der Waals surface area contributed by atoms with E-state index in [0.29, 0.717) is 43.5 Å². The molecule has 10 nitrogen and oxygen atoms in total. The zero-order valence-corrected chi connectivity index (χ0v) is 23.1. The first-order valence-corrected chi connectivity index (χ1v) is 14.6. The van der Waals surface area contributed by atoms with Crippen LogP contribution in [-0.2, 0) is 16.6 Å². The lowest BCUT2D eigenvalue weighted by Crippen LogP contribution is -2.38. The van der Waals surface area contributed by atoms with Crippen LogP contribution in [0.5, 0.6) is 5.75 Å². The second-order valence-corrected chi connectivity index (χ2v) is 11.9. The number of aromatic nitrogens is 3. The van der Waals surface area contributed by atoms with Crippen molar-refractivity contribution in [3.63, 3.8) is 0 Å². The highest BCUT2D eigenvalue weighted by atomic mass is 32.2. The number of ether oxygens (including phenoxy) is 1. The van der Waals surface area contributed by atoms with E-state index in [-0.39, 0.29) is 23.8 Å². The number of amides is 1. The standard InChI is InChI=1S/C28H31FN6O4S/c1-3-40(37,38)34-14-11-19(12-15-34)25-23-10-13-31-28(30)35(23)26(33-25)20-6-4-18(5-7-20)17-32-27(36)22-16-21(29)8-9-24(22)39-2/h4-10,13,16,19H,3,11-12,14-15,17H2,1-2H3,(H2,30,31)(H,32,36). The minimum Gasteiger partial charge on any atom is -0.496 e. The van der Waals surface area contributed by atoms with Crippen molar-refractivity contribution >= 4 is 27.4 Å². The Balaban J connectivity index is 1.36. The molecule has 0 atom stereocenters. The van der Waals surface area contributed by atoms with Crippen molar-refractivity contribution in [2.24, 2.45) is 0 Å². The van der Waals surface area contributed by atoms with Crippen LogP contribution in [-0.4, -0.2) is 59.0 Å². The Morgan fingerprint density at radius 3 is 2.55 bits per heavy atom. The van der Waals surface area contributed by atoms with Gasteiger partial charge in [0.05, 0.1) is 29.6 Å². The molecular weight excluding hydrogens is 535 g/mol. The van der Waals surface area contributed by atoms with E-state index < -0.39 is 21.7 Å². The van der Waals surface area contributed by atoms with E-state index in [9.17, 15) is 17.6 Å². The van der Waals surface area contributed by atoms with Crippen LogP contribution < -0.4 is 15.8 Å². The number of fused-ring (bicyclic) bond motifs is 1. The molecule has 3 N–H and O–H groups in total. The lowest BCUT2D eigenvalue weighted by molar-refractivity contribution is 0.0947. The number of nitrogens with one attached hydrogen (secondary N) is 1. The van der Waals surface area contributed by atoms with Crippen molar-refractivity contribution in [1.82, 2.24) is 24.0 Å². The minimum atomic E-state index is -3.22. The molecule has 0 aliphatic carbocycles. The molecule has 0 radical (unpaired) electrons. The number of nitrogens with zero attached hydrogens (tertiary/aromatic N) is 4. The van der Waals surface area contributed by atoms with Gasteiger partial charge in [0.2, 0.25) is 16.0 Å². The molecule has 1 fully saturated rings. The van der Waals surface area contributed by atoms with Gasteiger partial charge in [0, 0.05) is 37.3 Å². The van der Waals surface area contributed by atoms with Crippen molar-refractivity contribution in [3.8, 4) is 17.1 Å². The first-order valence-electron chi connectivity index (χ1n) is 13.0. The van der Waals surface area contributed by atoms with Crippen LogP contribution in [0.3, 0.4) is 0 Å². The average molecular weight is 567 g/mol. The van der Waals surface area contributed by atoms with E-state index in [1.54, 1.807) is 17.4 Å². The molecule has 12 heteroatoms. The quantitative estimate of drug-likeness (QED) is 0.333. The number of carbonyl (C=O) groups excluding carboxylic acids is 1. The van der Waals surface area contributed by atoms with Gasteiger partial charge >= 0.3 is 0 Å². The number of sulfonamides is 1. The predicted molar refractivity (Wildman–Crippen MR) is 150 cm³/mol. The van der Waals surface area contributed by atoms with E-state index in [2.05, 4.69) is 10.3 Å². The SMILES string of the molecule is CCS(=O)(=O)N1CCC(c2nc(-c3ccc(CNC(=O)c4cc(F)ccc4OC)cc3)n3c(N)nccc23)CC1. The Kier molecular flexibility index (Phi) is 7.72. The average Bonchev–Trinajstić information content (AvgIpc) is 3.37. The third-order valence-corrected chi connectivity index (χ3v) is 9.16. The van der Waals surface area contributed by atoms with Gasteiger partial charge < -0.3 is 15.8 Å². The van der Waals surface area contributed by atoms with Gasteiger partial charge in [0.15, 0.2) is 0 Å². The smallest absolute Gasteiger partial charge is 0.255 e. The number of nitrogens with two attached hydrogens (primary N) is 1. The molecule has 1 aliphatic heterocycles. The minimum absolute atomic E-state index is 0.0863. The van der Waals surface area contributed by atoms with Gasteiger partial charge in [-0.15, -0.1) is 0 Å². The maximum absolute atomic E-state index is 13.7. The van der Waals surface area contributed by atoms with Crippen LogP contribution in [0.2, 0.25) is 0 Å². The Labute approximate surface area is 232 Å². The Hall–Kier alpha value is -4.03. The molecule has 0 bridgehead atoms. The number of piperidine rings is 1. The Bertz CT molecular complexity index is 1650. The molecule has 2 aromatic heterocycles. The number of methoxy groups -OCH3 is 1.